The average Bonchev–Trinajstić information content (AvgIpc) is 2.14. The van der Waals surface area contributed by atoms with Crippen molar-refractivity contribution in [3.63, 3.8) is 0 Å². The van der Waals surface area contributed by atoms with Gasteiger partial charge < -0.3 is 21.7 Å². The van der Waals surface area contributed by atoms with E-state index in [4.69, 9.17) is 19.8 Å². The van der Waals surface area contributed by atoms with Gasteiger partial charge in [0.15, 0.2) is 0 Å². The highest BCUT2D eigenvalue weighted by atomic mass is 16.4. The Hall–Kier alpha value is -2.12. The molecule has 0 rings (SSSR count). The molecule has 0 aliphatic carbocycles. The molecule has 0 aliphatic rings. The van der Waals surface area contributed by atoms with Gasteiger partial charge in [0, 0.05) is 12.8 Å². The third-order valence-corrected chi connectivity index (χ3v) is 1.03. The van der Waals surface area contributed by atoms with Crippen LogP contribution in [0.4, 0.5) is 0 Å². The first-order valence-electron chi connectivity index (χ1n) is 4.20. The predicted octanol–water partition coefficient (Wildman–Crippen LogP) is -1.08. The van der Waals surface area contributed by atoms with Crippen molar-refractivity contribution in [2.24, 2.45) is 11.5 Å². The highest BCUT2D eigenvalue weighted by Gasteiger charge is 1.99. The van der Waals surface area contributed by atoms with E-state index in [-0.39, 0.29) is 25.7 Å². The Labute approximate surface area is 92.2 Å². The second-order valence-corrected chi connectivity index (χ2v) is 2.27. The number of aliphatic carboxylic acids is 2. The summed E-state index contributed by atoms with van der Waals surface area (Å²) in [5.74, 6) is -1.74. The van der Waals surface area contributed by atoms with Crippen LogP contribution in [-0.2, 0) is 19.2 Å². The molecule has 0 heterocycles. The number of primary amides is 2. The first kappa shape index (κ1) is 19.5. The maximum Gasteiger partial charge on any atom is 0.303 e. The summed E-state index contributed by atoms with van der Waals surface area (Å²) in [6.07, 6.45) is 1.52. The largest absolute Gasteiger partial charge is 0.481 e. The monoisotopic (exact) mass is 236 g/mol. The molecular weight excluding hydrogens is 220 g/mol. The molecule has 0 atom stereocenters. The summed E-state index contributed by atoms with van der Waals surface area (Å²) in [4.78, 5) is 37.0. The Morgan fingerprint density at radius 2 is 1.06 bits per heavy atom. The van der Waals surface area contributed by atoms with Gasteiger partial charge in [-0.15, -0.1) is 0 Å². The summed E-state index contributed by atoms with van der Waals surface area (Å²) < 4.78 is 0. The van der Waals surface area contributed by atoms with Crippen molar-refractivity contribution in [1.82, 2.24) is 0 Å². The molecular formula is C8H16N2O6. The minimum Gasteiger partial charge on any atom is -0.481 e. The Balaban J connectivity index is -0.000000235. The average molecular weight is 236 g/mol. The lowest BCUT2D eigenvalue weighted by Gasteiger charge is -1.92. The van der Waals surface area contributed by atoms with E-state index in [0.29, 0.717) is 12.8 Å². The second kappa shape index (κ2) is 18.6. The normalized spacial score (nSPS) is 7.25. The lowest BCUT2D eigenvalue weighted by Crippen LogP contribution is -1.97. The zero-order valence-electron chi connectivity index (χ0n) is 8.67. The fraction of sp³-hybridized carbons (Fsp3) is 0.500. The molecule has 6 N–H and O–H groups in total. The maximum absolute atomic E-state index is 9.90. The van der Waals surface area contributed by atoms with E-state index >= 15 is 0 Å². The number of carboxylic acid groups (broad SMARTS) is 2. The fourth-order valence-corrected chi connectivity index (χ4v) is 0.552. The molecule has 0 aromatic heterocycles. The fourth-order valence-electron chi connectivity index (χ4n) is 0.552. The number of carboxylic acids is 2. The van der Waals surface area contributed by atoms with E-state index in [1.165, 1.54) is 0 Å². The van der Waals surface area contributed by atoms with E-state index in [1.807, 2.05) is 0 Å². The first-order chi connectivity index (χ1) is 7.45. The molecule has 94 valence electrons. The van der Waals surface area contributed by atoms with Crippen LogP contribution in [0.5, 0.6) is 0 Å². The first-order valence-corrected chi connectivity index (χ1v) is 4.20. The molecule has 0 bridgehead atoms. The molecule has 0 saturated carbocycles. The van der Waals surface area contributed by atoms with Crippen LogP contribution in [-0.4, -0.2) is 35.0 Å². The van der Waals surface area contributed by atoms with Gasteiger partial charge in [-0.2, -0.15) is 0 Å². The van der Waals surface area contributed by atoms with Crippen LogP contribution >= 0.6 is 0 Å². The molecule has 0 fully saturated rings. The second-order valence-electron chi connectivity index (χ2n) is 2.27. The number of hydrogen-bond acceptors (Lipinski definition) is 4. The zero-order valence-corrected chi connectivity index (χ0v) is 8.67. The van der Waals surface area contributed by atoms with Crippen molar-refractivity contribution in [1.29, 1.82) is 0 Å². The lowest BCUT2D eigenvalue weighted by atomic mass is 10.2. The molecule has 0 saturated heterocycles. The quantitative estimate of drug-likeness (QED) is 0.350. The smallest absolute Gasteiger partial charge is 0.303 e. The number of nitrogens with two attached hydrogens (primary N) is 2. The van der Waals surface area contributed by atoms with E-state index in [2.05, 4.69) is 11.5 Å². The highest BCUT2D eigenvalue weighted by molar-refractivity contribution is 5.67. The molecule has 0 spiro atoms. The van der Waals surface area contributed by atoms with Crippen molar-refractivity contribution in [2.45, 2.75) is 25.7 Å². The van der Waals surface area contributed by atoms with Crippen molar-refractivity contribution in [3.8, 4) is 0 Å². The van der Waals surface area contributed by atoms with Crippen LogP contribution in [0.1, 0.15) is 25.7 Å². The molecule has 0 unspecified atom stereocenters. The van der Waals surface area contributed by atoms with E-state index in [1.54, 1.807) is 0 Å². The van der Waals surface area contributed by atoms with E-state index < -0.39 is 11.9 Å². The van der Waals surface area contributed by atoms with Gasteiger partial charge in [-0.05, 0) is 12.8 Å². The number of carbonyl (C=O) groups excluding carboxylic acids is 2. The third kappa shape index (κ3) is 59.1. The molecule has 0 aromatic rings. The van der Waals surface area contributed by atoms with Crippen LogP contribution in [0.25, 0.3) is 0 Å². The maximum atomic E-state index is 9.90. The number of rotatable bonds is 5. The summed E-state index contributed by atoms with van der Waals surface area (Å²) in [6, 6.07) is 0. The summed E-state index contributed by atoms with van der Waals surface area (Å²) >= 11 is 0. The number of unbranched alkanes of at least 4 members (excludes halogenated alkanes) is 1. The Morgan fingerprint density at radius 1 is 0.875 bits per heavy atom. The summed E-state index contributed by atoms with van der Waals surface area (Å²) in [5, 5.41) is 16.3. The third-order valence-electron chi connectivity index (χ3n) is 1.03. The van der Waals surface area contributed by atoms with Gasteiger partial charge in [-0.3, -0.25) is 19.2 Å². The molecule has 0 radical (unpaired) electrons. The summed E-state index contributed by atoms with van der Waals surface area (Å²) in [5.41, 5.74) is 8.33. The van der Waals surface area contributed by atoms with Crippen LogP contribution in [0, 0.1) is 0 Å². The van der Waals surface area contributed by atoms with Crippen LogP contribution < -0.4 is 11.5 Å². The van der Waals surface area contributed by atoms with Crippen molar-refractivity contribution >= 4 is 24.8 Å². The van der Waals surface area contributed by atoms with Crippen molar-refractivity contribution < 1.29 is 29.4 Å². The Morgan fingerprint density at radius 3 is 1.19 bits per heavy atom. The standard InChI is InChI=1S/C6H10O4.2CH3NO/c7-5(8)3-1-2-4-6(9)10;2*2-1-3/h1-4H2,(H,7,8)(H,9,10);2*1H,(H2,2,3). The Kier molecular flexibility index (Phi) is 22.6. The topological polar surface area (TPSA) is 161 Å². The van der Waals surface area contributed by atoms with Crippen LogP contribution in [0.3, 0.4) is 0 Å². The van der Waals surface area contributed by atoms with Crippen molar-refractivity contribution in [3.05, 3.63) is 0 Å². The number of carbonyl (C=O) groups is 4. The van der Waals surface area contributed by atoms with E-state index in [0.717, 1.165) is 0 Å². The molecule has 2 amide bonds. The summed E-state index contributed by atoms with van der Waals surface area (Å²) in [6.45, 7) is 0. The van der Waals surface area contributed by atoms with Gasteiger partial charge in [-0.1, -0.05) is 0 Å². The van der Waals surface area contributed by atoms with Gasteiger partial charge in [0.05, 0.1) is 0 Å². The molecule has 8 heteroatoms. The van der Waals surface area contributed by atoms with Gasteiger partial charge in [-0.25, -0.2) is 0 Å². The Bertz CT molecular complexity index is 185. The minimum atomic E-state index is -0.870. The summed E-state index contributed by atoms with van der Waals surface area (Å²) in [7, 11) is 0. The SMILES string of the molecule is NC=O.NC=O.O=C(O)CCCCC(=O)O. The van der Waals surface area contributed by atoms with Crippen LogP contribution in [0.15, 0.2) is 0 Å². The molecule has 0 aliphatic heterocycles. The van der Waals surface area contributed by atoms with E-state index in [9.17, 15) is 9.59 Å². The zero-order chi connectivity index (χ0) is 13.4. The van der Waals surface area contributed by atoms with Gasteiger partial charge in [0.2, 0.25) is 12.8 Å². The van der Waals surface area contributed by atoms with Gasteiger partial charge in [0.25, 0.3) is 0 Å². The van der Waals surface area contributed by atoms with Gasteiger partial charge >= 0.3 is 11.9 Å². The van der Waals surface area contributed by atoms with Crippen molar-refractivity contribution in [2.75, 3.05) is 0 Å². The molecule has 8 nitrogen and oxygen atoms in total. The minimum absolute atomic E-state index is 0.0628. The van der Waals surface area contributed by atoms with Gasteiger partial charge in [0.1, 0.15) is 0 Å². The number of amides is 2. The molecule has 0 aromatic carbocycles. The predicted molar refractivity (Wildman–Crippen MR) is 54.2 cm³/mol. The number of hydrogen-bond donors (Lipinski definition) is 4. The molecule has 16 heavy (non-hydrogen) atoms. The lowest BCUT2D eigenvalue weighted by molar-refractivity contribution is -0.139. The van der Waals surface area contributed by atoms with Crippen LogP contribution in [0.2, 0.25) is 0 Å². The highest BCUT2D eigenvalue weighted by Crippen LogP contribution is 1.98.